The number of rotatable bonds is 4. The van der Waals surface area contributed by atoms with Crippen molar-refractivity contribution in [3.05, 3.63) is 47.8 Å². The number of carboxylic acid groups (broad SMARTS) is 1. The first-order valence-corrected chi connectivity index (χ1v) is 6.67. The maximum absolute atomic E-state index is 11.0. The SMILES string of the molecule is Cn1ccc(CN2CC(CC(=O)O)c3ccccc32)n1. The van der Waals surface area contributed by atoms with E-state index in [9.17, 15) is 4.79 Å². The Morgan fingerprint density at radius 2 is 2.20 bits per heavy atom. The molecule has 0 bridgehead atoms. The number of aryl methyl sites for hydroxylation is 1. The summed E-state index contributed by atoms with van der Waals surface area (Å²) in [7, 11) is 1.90. The lowest BCUT2D eigenvalue weighted by molar-refractivity contribution is -0.137. The van der Waals surface area contributed by atoms with E-state index in [1.165, 1.54) is 0 Å². The highest BCUT2D eigenvalue weighted by Crippen LogP contribution is 2.38. The Hall–Kier alpha value is -2.30. The summed E-state index contributed by atoms with van der Waals surface area (Å²) in [6, 6.07) is 10.0. The van der Waals surface area contributed by atoms with Crippen LogP contribution in [0.25, 0.3) is 0 Å². The molecule has 0 amide bonds. The van der Waals surface area contributed by atoms with E-state index >= 15 is 0 Å². The molecule has 1 aromatic heterocycles. The minimum absolute atomic E-state index is 0.0624. The summed E-state index contributed by atoms with van der Waals surface area (Å²) in [5.74, 6) is -0.683. The zero-order chi connectivity index (χ0) is 14.1. The molecule has 1 unspecified atom stereocenters. The Bertz CT molecular complexity index is 636. The van der Waals surface area contributed by atoms with E-state index < -0.39 is 5.97 Å². The van der Waals surface area contributed by atoms with Gasteiger partial charge < -0.3 is 10.0 Å². The highest BCUT2D eigenvalue weighted by atomic mass is 16.4. The highest BCUT2D eigenvalue weighted by Gasteiger charge is 2.29. The molecule has 5 nitrogen and oxygen atoms in total. The quantitative estimate of drug-likeness (QED) is 0.924. The minimum atomic E-state index is -0.746. The topological polar surface area (TPSA) is 58.4 Å². The van der Waals surface area contributed by atoms with Crippen molar-refractivity contribution in [2.45, 2.75) is 18.9 Å². The number of aliphatic carboxylic acids is 1. The number of anilines is 1. The van der Waals surface area contributed by atoms with Crippen LogP contribution in [-0.4, -0.2) is 27.4 Å². The van der Waals surface area contributed by atoms with Gasteiger partial charge in [-0.2, -0.15) is 5.10 Å². The predicted octanol–water partition coefficient (Wildman–Crippen LogP) is 2.00. The first-order chi connectivity index (χ1) is 9.63. The van der Waals surface area contributed by atoms with E-state index in [0.29, 0.717) is 6.54 Å². The molecule has 20 heavy (non-hydrogen) atoms. The van der Waals surface area contributed by atoms with Gasteiger partial charge in [-0.25, -0.2) is 0 Å². The van der Waals surface area contributed by atoms with Gasteiger partial charge in [-0.15, -0.1) is 0 Å². The third-order valence-corrected chi connectivity index (χ3v) is 3.70. The molecule has 104 valence electrons. The molecule has 1 atom stereocenters. The number of aromatic nitrogens is 2. The normalized spacial score (nSPS) is 17.2. The fourth-order valence-electron chi connectivity index (χ4n) is 2.86. The van der Waals surface area contributed by atoms with Crippen LogP contribution in [0.1, 0.15) is 23.6 Å². The molecular weight excluding hydrogens is 254 g/mol. The standard InChI is InChI=1S/C15H17N3O2/c1-17-7-6-12(16-17)10-18-9-11(8-15(19)20)13-4-2-3-5-14(13)18/h2-7,11H,8-10H2,1H3,(H,19,20). The van der Waals surface area contributed by atoms with Crippen LogP contribution in [0, 0.1) is 0 Å². The van der Waals surface area contributed by atoms with E-state index in [0.717, 1.165) is 23.5 Å². The largest absolute Gasteiger partial charge is 0.481 e. The molecule has 1 aliphatic heterocycles. The third kappa shape index (κ3) is 2.39. The van der Waals surface area contributed by atoms with Crippen LogP contribution in [0.4, 0.5) is 5.69 Å². The van der Waals surface area contributed by atoms with Gasteiger partial charge in [0.15, 0.2) is 0 Å². The number of hydrogen-bond acceptors (Lipinski definition) is 3. The van der Waals surface area contributed by atoms with Crippen molar-refractivity contribution >= 4 is 11.7 Å². The second kappa shape index (κ2) is 5.00. The van der Waals surface area contributed by atoms with Crippen molar-refractivity contribution < 1.29 is 9.90 Å². The number of nitrogens with zero attached hydrogens (tertiary/aromatic N) is 3. The number of carbonyl (C=O) groups is 1. The van der Waals surface area contributed by atoms with E-state index in [1.807, 2.05) is 37.5 Å². The first kappa shape index (κ1) is 12.7. The summed E-state index contributed by atoms with van der Waals surface area (Å²) in [5, 5.41) is 13.4. The molecule has 2 aromatic rings. The molecule has 0 radical (unpaired) electrons. The Kier molecular flexibility index (Phi) is 3.18. The van der Waals surface area contributed by atoms with E-state index in [4.69, 9.17) is 5.11 Å². The van der Waals surface area contributed by atoms with Gasteiger partial charge in [0.1, 0.15) is 0 Å². The van der Waals surface area contributed by atoms with Gasteiger partial charge >= 0.3 is 5.97 Å². The van der Waals surface area contributed by atoms with Crippen LogP contribution in [0.3, 0.4) is 0 Å². The van der Waals surface area contributed by atoms with Crippen molar-refractivity contribution in [3.63, 3.8) is 0 Å². The summed E-state index contributed by atoms with van der Waals surface area (Å²) >= 11 is 0. The molecule has 1 aromatic carbocycles. The molecule has 0 fully saturated rings. The van der Waals surface area contributed by atoms with Gasteiger partial charge in [-0.1, -0.05) is 18.2 Å². The lowest BCUT2D eigenvalue weighted by Gasteiger charge is -2.18. The summed E-state index contributed by atoms with van der Waals surface area (Å²) < 4.78 is 1.78. The summed E-state index contributed by atoms with van der Waals surface area (Å²) in [5.41, 5.74) is 3.26. The van der Waals surface area contributed by atoms with E-state index in [1.54, 1.807) is 4.68 Å². The number of fused-ring (bicyclic) bond motifs is 1. The summed E-state index contributed by atoms with van der Waals surface area (Å²) in [6.07, 6.45) is 2.10. The third-order valence-electron chi connectivity index (χ3n) is 3.70. The smallest absolute Gasteiger partial charge is 0.304 e. The number of benzene rings is 1. The van der Waals surface area contributed by atoms with Crippen molar-refractivity contribution in [1.29, 1.82) is 0 Å². The predicted molar refractivity (Wildman–Crippen MR) is 75.7 cm³/mol. The Labute approximate surface area is 117 Å². The molecular formula is C15H17N3O2. The Morgan fingerprint density at radius 1 is 1.40 bits per heavy atom. The molecule has 5 heteroatoms. The molecule has 0 spiro atoms. The molecule has 0 saturated heterocycles. The van der Waals surface area contributed by atoms with Crippen LogP contribution in [-0.2, 0) is 18.4 Å². The lowest BCUT2D eigenvalue weighted by atomic mass is 9.98. The molecule has 0 saturated carbocycles. The van der Waals surface area contributed by atoms with Gasteiger partial charge in [0.25, 0.3) is 0 Å². The van der Waals surface area contributed by atoms with Crippen molar-refractivity contribution in [2.24, 2.45) is 7.05 Å². The van der Waals surface area contributed by atoms with Crippen molar-refractivity contribution in [2.75, 3.05) is 11.4 Å². The second-order valence-corrected chi connectivity index (χ2v) is 5.21. The molecule has 1 N–H and O–H groups in total. The monoisotopic (exact) mass is 271 g/mol. The maximum Gasteiger partial charge on any atom is 0.304 e. The van der Waals surface area contributed by atoms with Gasteiger partial charge in [-0.05, 0) is 17.7 Å². The van der Waals surface area contributed by atoms with Crippen LogP contribution in [0.5, 0.6) is 0 Å². The minimum Gasteiger partial charge on any atom is -0.481 e. The maximum atomic E-state index is 11.0. The number of hydrogen-bond donors (Lipinski definition) is 1. The summed E-state index contributed by atoms with van der Waals surface area (Å²) in [6.45, 7) is 1.45. The zero-order valence-corrected chi connectivity index (χ0v) is 11.4. The zero-order valence-electron chi connectivity index (χ0n) is 11.4. The van der Waals surface area contributed by atoms with Gasteiger partial charge in [0, 0.05) is 31.4 Å². The molecule has 2 heterocycles. The van der Waals surface area contributed by atoms with Crippen LogP contribution >= 0.6 is 0 Å². The second-order valence-electron chi connectivity index (χ2n) is 5.21. The Morgan fingerprint density at radius 3 is 2.90 bits per heavy atom. The lowest BCUT2D eigenvalue weighted by Crippen LogP contribution is -2.22. The van der Waals surface area contributed by atoms with Crippen LogP contribution < -0.4 is 4.90 Å². The Balaban J connectivity index is 1.84. The first-order valence-electron chi connectivity index (χ1n) is 6.67. The number of para-hydroxylation sites is 1. The molecule has 3 rings (SSSR count). The molecule has 1 aliphatic rings. The van der Waals surface area contributed by atoms with Gasteiger partial charge in [0.2, 0.25) is 0 Å². The van der Waals surface area contributed by atoms with Gasteiger partial charge in [0.05, 0.1) is 18.7 Å². The van der Waals surface area contributed by atoms with Crippen LogP contribution in [0.15, 0.2) is 36.5 Å². The highest BCUT2D eigenvalue weighted by molar-refractivity contribution is 5.71. The molecule has 0 aliphatic carbocycles. The van der Waals surface area contributed by atoms with Crippen LogP contribution in [0.2, 0.25) is 0 Å². The van der Waals surface area contributed by atoms with E-state index in [-0.39, 0.29) is 12.3 Å². The number of carboxylic acids is 1. The van der Waals surface area contributed by atoms with Crippen molar-refractivity contribution in [1.82, 2.24) is 9.78 Å². The van der Waals surface area contributed by atoms with Crippen molar-refractivity contribution in [3.8, 4) is 0 Å². The summed E-state index contributed by atoms with van der Waals surface area (Å²) in [4.78, 5) is 13.2. The fraction of sp³-hybridized carbons (Fsp3) is 0.333. The average molecular weight is 271 g/mol. The van der Waals surface area contributed by atoms with Gasteiger partial charge in [-0.3, -0.25) is 9.48 Å². The fourth-order valence-corrected chi connectivity index (χ4v) is 2.86. The average Bonchev–Trinajstić information content (AvgIpc) is 2.95. The van der Waals surface area contributed by atoms with E-state index in [2.05, 4.69) is 16.1 Å².